The van der Waals surface area contributed by atoms with E-state index in [1.165, 1.54) is 109 Å². The Morgan fingerprint density at radius 2 is 0.922 bits per heavy atom. The molecule has 11 nitrogen and oxygen atoms in total. The average molecular weight is 731 g/mol. The van der Waals surface area contributed by atoms with Crippen molar-refractivity contribution in [3.05, 3.63) is 0 Å². The van der Waals surface area contributed by atoms with Crippen LogP contribution in [0.5, 0.6) is 0 Å². The van der Waals surface area contributed by atoms with E-state index < -0.39 is 54.7 Å². The number of carboxylic acids is 1. The van der Waals surface area contributed by atoms with E-state index in [4.69, 9.17) is 18.9 Å². The molecule has 6 atom stereocenters. The van der Waals surface area contributed by atoms with Gasteiger partial charge in [0, 0.05) is 12.8 Å². The van der Waals surface area contributed by atoms with Crippen molar-refractivity contribution >= 4 is 17.9 Å². The number of hydrogen-bond donors (Lipinski definition) is 4. The molecule has 11 heteroatoms. The lowest BCUT2D eigenvalue weighted by atomic mass is 9.99. The summed E-state index contributed by atoms with van der Waals surface area (Å²) in [5.74, 6) is -2.43. The number of aliphatic hydroxyl groups excluding tert-OH is 3. The third kappa shape index (κ3) is 24.2. The second-order valence-corrected chi connectivity index (χ2v) is 14.5. The summed E-state index contributed by atoms with van der Waals surface area (Å²) < 4.78 is 21.7. The van der Waals surface area contributed by atoms with Crippen LogP contribution in [-0.2, 0) is 33.3 Å². The molecule has 1 aliphatic rings. The fourth-order valence-electron chi connectivity index (χ4n) is 6.41. The molecule has 1 aliphatic heterocycles. The van der Waals surface area contributed by atoms with Gasteiger partial charge in [0.25, 0.3) is 0 Å². The molecule has 51 heavy (non-hydrogen) atoms. The minimum absolute atomic E-state index is 0.190. The van der Waals surface area contributed by atoms with Crippen LogP contribution in [0.25, 0.3) is 0 Å². The highest BCUT2D eigenvalue weighted by Crippen LogP contribution is 2.23. The predicted octanol–water partition coefficient (Wildman–Crippen LogP) is 7.92. The minimum atomic E-state index is -1.85. The van der Waals surface area contributed by atoms with Crippen LogP contribution in [0.4, 0.5) is 0 Å². The van der Waals surface area contributed by atoms with Gasteiger partial charge in [-0.15, -0.1) is 0 Å². The smallest absolute Gasteiger partial charge is 0.335 e. The van der Waals surface area contributed by atoms with Crippen molar-refractivity contribution in [2.75, 3.05) is 13.2 Å². The SMILES string of the molecule is CCCCCCCCCCCCCCCC(=O)OCC(COC1OC(C(=O)O)C(O)C(O)C1O)OC(=O)CCCCCCCCCCCCCC. The summed E-state index contributed by atoms with van der Waals surface area (Å²) >= 11 is 0. The topological polar surface area (TPSA) is 169 Å². The number of aliphatic carboxylic acids is 1. The summed E-state index contributed by atoms with van der Waals surface area (Å²) in [5, 5.41) is 39.7. The van der Waals surface area contributed by atoms with E-state index in [-0.39, 0.29) is 26.1 Å². The first-order valence-electron chi connectivity index (χ1n) is 20.6. The Bertz CT molecular complexity index is 869. The Labute approximate surface area is 308 Å². The maximum Gasteiger partial charge on any atom is 0.335 e. The van der Waals surface area contributed by atoms with Crippen LogP contribution in [0.3, 0.4) is 0 Å². The molecular formula is C40H74O11. The summed E-state index contributed by atoms with van der Waals surface area (Å²) in [6, 6.07) is 0. The van der Waals surface area contributed by atoms with Gasteiger partial charge in [0.15, 0.2) is 18.5 Å². The van der Waals surface area contributed by atoms with Gasteiger partial charge in [-0.2, -0.15) is 0 Å². The molecule has 0 aromatic rings. The van der Waals surface area contributed by atoms with Crippen LogP contribution in [-0.4, -0.2) is 88.4 Å². The van der Waals surface area contributed by atoms with Crippen molar-refractivity contribution in [1.29, 1.82) is 0 Å². The van der Waals surface area contributed by atoms with Gasteiger partial charge in [-0.05, 0) is 12.8 Å². The van der Waals surface area contributed by atoms with Crippen molar-refractivity contribution in [1.82, 2.24) is 0 Å². The van der Waals surface area contributed by atoms with Gasteiger partial charge < -0.3 is 39.4 Å². The number of carbonyl (C=O) groups is 3. The Hall–Kier alpha value is -1.79. The summed E-state index contributed by atoms with van der Waals surface area (Å²) in [7, 11) is 0. The Morgan fingerprint density at radius 3 is 1.33 bits per heavy atom. The summed E-state index contributed by atoms with van der Waals surface area (Å²) in [4.78, 5) is 36.6. The van der Waals surface area contributed by atoms with Crippen molar-refractivity contribution in [3.63, 3.8) is 0 Å². The second-order valence-electron chi connectivity index (χ2n) is 14.5. The molecule has 0 bridgehead atoms. The van der Waals surface area contributed by atoms with Crippen molar-refractivity contribution in [2.45, 2.75) is 224 Å². The van der Waals surface area contributed by atoms with E-state index in [2.05, 4.69) is 13.8 Å². The number of hydrogen-bond acceptors (Lipinski definition) is 10. The van der Waals surface area contributed by atoms with Gasteiger partial charge in [0.2, 0.25) is 0 Å². The zero-order valence-electron chi connectivity index (χ0n) is 32.1. The Balaban J connectivity index is 2.41. The summed E-state index contributed by atoms with van der Waals surface area (Å²) in [6.45, 7) is 3.80. The molecule has 1 fully saturated rings. The van der Waals surface area contributed by atoms with Gasteiger partial charge in [-0.3, -0.25) is 9.59 Å². The number of carboxylic acid groups (broad SMARTS) is 1. The van der Waals surface area contributed by atoms with E-state index in [1.54, 1.807) is 0 Å². The number of ether oxygens (including phenoxy) is 4. The lowest BCUT2D eigenvalue weighted by Gasteiger charge is -2.38. The van der Waals surface area contributed by atoms with Crippen LogP contribution in [0, 0.1) is 0 Å². The molecule has 1 saturated heterocycles. The molecule has 300 valence electrons. The maximum atomic E-state index is 12.7. The molecule has 0 saturated carbocycles. The molecule has 0 aromatic heterocycles. The zero-order chi connectivity index (χ0) is 37.5. The van der Waals surface area contributed by atoms with Gasteiger partial charge in [-0.1, -0.05) is 162 Å². The van der Waals surface area contributed by atoms with Gasteiger partial charge >= 0.3 is 17.9 Å². The van der Waals surface area contributed by atoms with Crippen molar-refractivity contribution < 1.29 is 53.8 Å². The van der Waals surface area contributed by atoms with E-state index >= 15 is 0 Å². The fraction of sp³-hybridized carbons (Fsp3) is 0.925. The average Bonchev–Trinajstić information content (AvgIpc) is 3.11. The molecule has 0 aromatic carbocycles. The minimum Gasteiger partial charge on any atom is -0.479 e. The third-order valence-electron chi connectivity index (χ3n) is 9.71. The first-order valence-corrected chi connectivity index (χ1v) is 20.6. The van der Waals surface area contributed by atoms with Crippen LogP contribution in [0.15, 0.2) is 0 Å². The van der Waals surface area contributed by atoms with Crippen molar-refractivity contribution in [2.24, 2.45) is 0 Å². The molecule has 1 heterocycles. The number of esters is 2. The molecule has 6 unspecified atom stereocenters. The predicted molar refractivity (Wildman–Crippen MR) is 197 cm³/mol. The van der Waals surface area contributed by atoms with Crippen LogP contribution < -0.4 is 0 Å². The number of rotatable bonds is 34. The molecule has 0 aliphatic carbocycles. The number of aliphatic hydroxyl groups is 3. The lowest BCUT2D eigenvalue weighted by Crippen LogP contribution is -2.60. The molecule has 1 rings (SSSR count). The molecule has 4 N–H and O–H groups in total. The number of unbranched alkanes of at least 4 members (excludes halogenated alkanes) is 23. The monoisotopic (exact) mass is 731 g/mol. The van der Waals surface area contributed by atoms with Gasteiger partial charge in [0.05, 0.1) is 6.61 Å². The fourth-order valence-corrected chi connectivity index (χ4v) is 6.41. The molecule has 0 spiro atoms. The Kier molecular flexibility index (Phi) is 29.4. The van der Waals surface area contributed by atoms with Crippen LogP contribution in [0.1, 0.15) is 187 Å². The third-order valence-corrected chi connectivity index (χ3v) is 9.71. The van der Waals surface area contributed by atoms with E-state index in [0.29, 0.717) is 12.8 Å². The first-order chi connectivity index (χ1) is 24.7. The normalized spacial score (nSPS) is 21.0. The van der Waals surface area contributed by atoms with E-state index in [9.17, 15) is 34.8 Å². The van der Waals surface area contributed by atoms with Crippen molar-refractivity contribution in [3.8, 4) is 0 Å². The van der Waals surface area contributed by atoms with Crippen LogP contribution >= 0.6 is 0 Å². The molecule has 0 amide bonds. The van der Waals surface area contributed by atoms with Gasteiger partial charge in [-0.25, -0.2) is 4.79 Å². The largest absolute Gasteiger partial charge is 0.479 e. The summed E-state index contributed by atoms with van der Waals surface area (Å²) in [6.07, 6.45) is 20.2. The van der Waals surface area contributed by atoms with Crippen LogP contribution in [0.2, 0.25) is 0 Å². The first kappa shape index (κ1) is 47.2. The molecule has 0 radical (unpaired) electrons. The van der Waals surface area contributed by atoms with E-state index in [0.717, 1.165) is 38.5 Å². The second kappa shape index (κ2) is 31.7. The zero-order valence-corrected chi connectivity index (χ0v) is 32.1. The molecular weight excluding hydrogens is 656 g/mol. The highest BCUT2D eigenvalue weighted by Gasteiger charge is 2.47. The Morgan fingerprint density at radius 1 is 0.529 bits per heavy atom. The van der Waals surface area contributed by atoms with Gasteiger partial charge in [0.1, 0.15) is 24.9 Å². The highest BCUT2D eigenvalue weighted by atomic mass is 16.7. The quantitative estimate of drug-likeness (QED) is 0.0375. The summed E-state index contributed by atoms with van der Waals surface area (Å²) in [5.41, 5.74) is 0. The highest BCUT2D eigenvalue weighted by molar-refractivity contribution is 5.73. The number of carbonyl (C=O) groups excluding carboxylic acids is 2. The maximum absolute atomic E-state index is 12.7. The standard InChI is InChI=1S/C40H74O11/c1-3-5-7-9-11-13-15-17-19-20-22-24-26-28-33(41)48-30-32(31-49-40-37(45)35(43)36(44)38(51-40)39(46)47)50-34(42)29-27-25-23-21-18-16-14-12-10-8-6-4-2/h32,35-38,40,43-45H,3-31H2,1-2H3,(H,46,47). The lowest BCUT2D eigenvalue weighted by molar-refractivity contribution is -0.298. The van der Waals surface area contributed by atoms with E-state index in [1.807, 2.05) is 0 Å².